The van der Waals surface area contributed by atoms with Gasteiger partial charge in [-0.05, 0) is 24.3 Å². The minimum atomic E-state index is -1.72. The van der Waals surface area contributed by atoms with Crippen molar-refractivity contribution in [3.63, 3.8) is 0 Å². The zero-order valence-corrected chi connectivity index (χ0v) is 20.4. The molecule has 128 valence electrons. The molecule has 0 heterocycles. The molecule has 0 atom stereocenters. The van der Waals surface area contributed by atoms with Gasteiger partial charge in [-0.15, -0.1) is 0 Å². The van der Waals surface area contributed by atoms with Crippen LogP contribution in [0.5, 0.6) is 11.5 Å². The first-order valence-electron chi connectivity index (χ1n) is 6.24. The molecule has 10 nitrogen and oxygen atoms in total. The number of hydrogen-bond acceptors (Lipinski definition) is 10. The maximum absolute atomic E-state index is 10.3. The van der Waals surface area contributed by atoms with Gasteiger partial charge < -0.3 is 52.9 Å². The van der Waals surface area contributed by atoms with Crippen molar-refractivity contribution in [3.8, 4) is 11.5 Å². The zero-order valence-electron chi connectivity index (χ0n) is 14.1. The molecule has 0 saturated heterocycles. The summed E-state index contributed by atoms with van der Waals surface area (Å²) < 4.78 is 0. The molecule has 0 saturated carbocycles. The van der Waals surface area contributed by atoms with Gasteiger partial charge in [0.15, 0.2) is 11.5 Å². The van der Waals surface area contributed by atoms with E-state index in [0.29, 0.717) is 22.7 Å². The van der Waals surface area contributed by atoms with E-state index in [1.807, 2.05) is 0 Å². The van der Waals surface area contributed by atoms with E-state index in [4.69, 9.17) is 33.1 Å². The van der Waals surface area contributed by atoms with E-state index in [2.05, 4.69) is 0 Å². The molecule has 0 aliphatic rings. The number of carboxylic acid groups (broad SMARTS) is 2. The topological polar surface area (TPSA) is 225 Å². The van der Waals surface area contributed by atoms with E-state index >= 15 is 0 Å². The van der Waals surface area contributed by atoms with E-state index in [9.17, 15) is 19.8 Å². The van der Waals surface area contributed by atoms with Crippen LogP contribution in [0.4, 0.5) is 22.7 Å². The summed E-state index contributed by atoms with van der Waals surface area (Å²) in [5.41, 5.74) is 22.0. The molecule has 0 spiro atoms. The molecule has 0 aliphatic heterocycles. The summed E-state index contributed by atoms with van der Waals surface area (Å²) in [5.74, 6) is -5.54. The second-order valence-corrected chi connectivity index (χ2v) is 4.50. The quantitative estimate of drug-likeness (QED) is 0.155. The Labute approximate surface area is 233 Å². The van der Waals surface area contributed by atoms with Gasteiger partial charge in [0.25, 0.3) is 0 Å². The van der Waals surface area contributed by atoms with E-state index in [1.165, 1.54) is 0 Å². The molecule has 12 heteroatoms. The van der Waals surface area contributed by atoms with Crippen molar-refractivity contribution in [2.75, 3.05) is 22.9 Å². The summed E-state index contributed by atoms with van der Waals surface area (Å²) in [6, 6.07) is 4.85. The smallest absolute Gasteiger partial charge is 0.545 e. The van der Waals surface area contributed by atoms with Crippen LogP contribution < -0.4 is 136 Å². The van der Waals surface area contributed by atoms with Gasteiger partial charge in [0, 0.05) is 11.1 Å². The number of carbonyl (C=O) groups is 2. The summed E-state index contributed by atoms with van der Waals surface area (Å²) in [4.78, 5) is 20.6. The van der Waals surface area contributed by atoms with Gasteiger partial charge in [0.1, 0.15) is 0 Å². The molecular weight excluding hydrogens is 398 g/mol. The van der Waals surface area contributed by atoms with Gasteiger partial charge in [0.2, 0.25) is 0 Å². The van der Waals surface area contributed by atoms with Crippen LogP contribution in [-0.4, -0.2) is 22.2 Å². The molecule has 0 fully saturated rings. The van der Waals surface area contributed by atoms with E-state index < -0.39 is 34.6 Å². The van der Waals surface area contributed by atoms with Crippen molar-refractivity contribution < 1.29 is 133 Å². The van der Waals surface area contributed by atoms with Gasteiger partial charge in [-0.25, -0.2) is 0 Å². The van der Waals surface area contributed by atoms with Gasteiger partial charge in [-0.2, -0.15) is 0 Å². The van der Waals surface area contributed by atoms with Gasteiger partial charge >= 0.3 is 103 Å². The van der Waals surface area contributed by atoms with Crippen molar-refractivity contribution >= 4 is 34.7 Å². The third-order valence-corrected chi connectivity index (χ3v) is 2.95. The minimum Gasteiger partial charge on any atom is -0.545 e. The fraction of sp³-hybridized carbons (Fsp3) is 0. The maximum atomic E-state index is 10.3. The molecule has 2 aromatic rings. The maximum Gasteiger partial charge on any atom is 1.00 e. The Morgan fingerprint density at radius 2 is 0.962 bits per heavy atom. The Kier molecular flexibility index (Phi) is 12.8. The third kappa shape index (κ3) is 6.88. The molecule has 2 rings (SSSR count). The Bertz CT molecular complexity index is 751. The van der Waals surface area contributed by atoms with Crippen LogP contribution in [0.3, 0.4) is 0 Å². The van der Waals surface area contributed by atoms with Crippen LogP contribution >= 0.6 is 0 Å². The average molecular weight is 412 g/mol. The zero-order chi connectivity index (χ0) is 18.6. The van der Waals surface area contributed by atoms with Crippen molar-refractivity contribution in [1.82, 2.24) is 0 Å². The number of anilines is 4. The first-order valence-corrected chi connectivity index (χ1v) is 6.24. The first kappa shape index (κ1) is 27.7. The summed E-state index contributed by atoms with van der Waals surface area (Å²) in [5, 5.41) is 38.7. The van der Waals surface area contributed by atoms with Gasteiger partial charge in [0.05, 0.1) is 34.7 Å². The summed E-state index contributed by atoms with van der Waals surface area (Å²) >= 11 is 0. The predicted molar refractivity (Wildman–Crippen MR) is 82.5 cm³/mol. The number of hydrogen-bond donors (Lipinski definition) is 6. The fourth-order valence-corrected chi connectivity index (χ4v) is 1.58. The number of carboxylic acids is 2. The van der Waals surface area contributed by atoms with E-state index in [-0.39, 0.29) is 103 Å². The number of carbonyl (C=O) groups excluding carboxylic acids is 2. The molecule has 0 aromatic heterocycles. The second-order valence-electron chi connectivity index (χ2n) is 4.50. The standard InChI is InChI=1S/C8H6O6.C6H10N4.2K/c9-5-3(7(11)12)1-2-4(6(5)10)8(13)14;7-3-1-2-4(8)6(10)5(3)9;;/h1-2,9-10H,(H,11,12)(H,13,14);1-2H,7-10H2;;/q;;2*+1/p-2. The first-order chi connectivity index (χ1) is 11.1. The van der Waals surface area contributed by atoms with Crippen molar-refractivity contribution in [2.24, 2.45) is 0 Å². The molecule has 0 amide bonds. The Hall–Kier alpha value is -0.547. The number of aromatic hydroxyl groups is 2. The summed E-state index contributed by atoms with van der Waals surface area (Å²) in [6.07, 6.45) is 0. The number of nitrogen functional groups attached to an aromatic ring is 4. The second kappa shape index (κ2) is 12.0. The van der Waals surface area contributed by atoms with Crippen LogP contribution in [0, 0.1) is 0 Å². The number of benzene rings is 2. The predicted octanol–water partition coefficient (Wildman–Crippen LogP) is -8.15. The average Bonchev–Trinajstić information content (AvgIpc) is 2.51. The molecule has 0 unspecified atom stereocenters. The fourth-order valence-electron chi connectivity index (χ4n) is 1.58. The Morgan fingerprint density at radius 1 is 0.692 bits per heavy atom. The van der Waals surface area contributed by atoms with Crippen molar-refractivity contribution in [2.45, 2.75) is 0 Å². The van der Waals surface area contributed by atoms with E-state index in [1.54, 1.807) is 12.1 Å². The molecule has 0 radical (unpaired) electrons. The van der Waals surface area contributed by atoms with Crippen molar-refractivity contribution in [1.29, 1.82) is 0 Å². The molecule has 0 bridgehead atoms. The number of aromatic carboxylic acids is 2. The summed E-state index contributed by atoms with van der Waals surface area (Å²) in [6.45, 7) is 0. The molecule has 10 N–H and O–H groups in total. The molecule has 0 aliphatic carbocycles. The number of rotatable bonds is 2. The minimum absolute atomic E-state index is 0. The van der Waals surface area contributed by atoms with Gasteiger partial charge in [-0.1, -0.05) is 0 Å². The van der Waals surface area contributed by atoms with E-state index in [0.717, 1.165) is 12.1 Å². The van der Waals surface area contributed by atoms with Crippen LogP contribution in [0.2, 0.25) is 0 Å². The van der Waals surface area contributed by atoms with Crippen LogP contribution in [0.15, 0.2) is 24.3 Å². The van der Waals surface area contributed by atoms with Gasteiger partial charge in [-0.3, -0.25) is 0 Å². The normalized spacial score (nSPS) is 8.92. The number of nitrogens with two attached hydrogens (primary N) is 4. The van der Waals surface area contributed by atoms with Crippen LogP contribution in [-0.2, 0) is 0 Å². The van der Waals surface area contributed by atoms with Crippen LogP contribution in [0.25, 0.3) is 0 Å². The monoisotopic (exact) mass is 412 g/mol. The molecule has 26 heavy (non-hydrogen) atoms. The largest absolute Gasteiger partial charge is 1.00 e. The van der Waals surface area contributed by atoms with Crippen LogP contribution in [0.1, 0.15) is 20.7 Å². The SMILES string of the molecule is Nc1ccc(N)c(N)c1N.O=C([O-])c1ccc(C(=O)[O-])c(O)c1O.[K+].[K+]. The molecular formula is C14H14K2N4O6. The third-order valence-electron chi connectivity index (χ3n) is 2.95. The Balaban J connectivity index is 0. The molecule has 2 aromatic carbocycles. The number of phenols is 2. The summed E-state index contributed by atoms with van der Waals surface area (Å²) in [7, 11) is 0. The Morgan fingerprint density at radius 3 is 1.19 bits per heavy atom. The van der Waals surface area contributed by atoms with Crippen molar-refractivity contribution in [3.05, 3.63) is 35.4 Å².